The molecule has 5 aromatic carbocycles. The van der Waals surface area contributed by atoms with E-state index in [9.17, 15) is 0 Å². The van der Waals surface area contributed by atoms with E-state index in [0.29, 0.717) is 0 Å². The van der Waals surface area contributed by atoms with Crippen molar-refractivity contribution in [3.8, 4) is 0 Å². The Hall–Kier alpha value is -4.04. The van der Waals surface area contributed by atoms with Gasteiger partial charge in [-0.2, -0.15) is 0 Å². The minimum atomic E-state index is 0.127. The molecule has 186 valence electrons. The van der Waals surface area contributed by atoms with E-state index in [1.165, 1.54) is 88.9 Å². The Balaban J connectivity index is 1.70. The van der Waals surface area contributed by atoms with Crippen LogP contribution in [-0.4, -0.2) is 26.7 Å². The van der Waals surface area contributed by atoms with Crippen LogP contribution >= 0.6 is 0 Å². The van der Waals surface area contributed by atoms with Gasteiger partial charge in [0.05, 0.1) is 18.1 Å². The number of aryl methyl sites for hydroxylation is 6. The molecule has 1 unspecified atom stereocenters. The summed E-state index contributed by atoms with van der Waals surface area (Å²) in [5, 5.41) is 5.32. The fourth-order valence-corrected chi connectivity index (χ4v) is 7.48. The molecule has 2 nitrogen and oxygen atoms in total. The van der Waals surface area contributed by atoms with E-state index in [1.54, 1.807) is 0 Å². The summed E-state index contributed by atoms with van der Waals surface area (Å²) in [4.78, 5) is 0. The van der Waals surface area contributed by atoms with E-state index < -0.39 is 0 Å². The second kappa shape index (κ2) is 7.98. The Morgan fingerprint density at radius 3 is 1.68 bits per heavy atom. The third-order valence-electron chi connectivity index (χ3n) is 8.59. The lowest BCUT2D eigenvalue weighted by Gasteiger charge is -2.14. The van der Waals surface area contributed by atoms with Gasteiger partial charge >= 0.3 is 6.17 Å². The fraction of sp³-hybridized carbons (Fsp3) is 0.222. The Labute approximate surface area is 225 Å². The first-order valence-corrected chi connectivity index (χ1v) is 13.7. The van der Waals surface area contributed by atoms with Crippen molar-refractivity contribution in [2.24, 2.45) is 0 Å². The predicted molar refractivity (Wildman–Crippen MR) is 160 cm³/mol. The Morgan fingerprint density at radius 2 is 1.08 bits per heavy atom. The van der Waals surface area contributed by atoms with Crippen LogP contribution in [0.15, 0.2) is 72.8 Å². The average molecular weight is 495 g/mol. The molecular weight excluding hydrogens is 460 g/mol. The summed E-state index contributed by atoms with van der Waals surface area (Å²) in [6.07, 6.45) is 0.127. The zero-order valence-electron chi connectivity index (χ0n) is 23.4. The molecule has 5 aromatic rings. The van der Waals surface area contributed by atoms with Gasteiger partial charge in [-0.1, -0.05) is 47.5 Å². The Kier molecular flexibility index (Phi) is 4.85. The fourth-order valence-electron chi connectivity index (χ4n) is 7.48. The van der Waals surface area contributed by atoms with E-state index in [1.807, 2.05) is 0 Å². The molecule has 0 fully saturated rings. The molecular formula is C36H34N2+2. The van der Waals surface area contributed by atoms with Crippen LogP contribution in [0.1, 0.15) is 51.4 Å². The topological polar surface area (TPSA) is 6.02 Å². The third-order valence-corrected chi connectivity index (χ3v) is 8.59. The van der Waals surface area contributed by atoms with Gasteiger partial charge in [-0.25, -0.2) is 0 Å². The number of fused-ring (bicyclic) bond motifs is 5. The van der Waals surface area contributed by atoms with Crippen LogP contribution in [0, 0.1) is 41.5 Å². The first kappa shape index (κ1) is 23.1. The molecule has 0 amide bonds. The molecule has 2 heteroatoms. The molecule has 0 saturated heterocycles. The molecule has 1 heterocycles. The van der Waals surface area contributed by atoms with Crippen molar-refractivity contribution >= 4 is 44.3 Å². The quantitative estimate of drug-likeness (QED) is 0.171. The molecule has 0 bridgehead atoms. The van der Waals surface area contributed by atoms with Crippen LogP contribution < -0.4 is 0 Å². The number of benzene rings is 5. The molecule has 0 N–H and O–H groups in total. The highest BCUT2D eigenvalue weighted by Crippen LogP contribution is 2.44. The molecule has 38 heavy (non-hydrogen) atoms. The van der Waals surface area contributed by atoms with E-state index in [-0.39, 0.29) is 6.17 Å². The molecule has 1 atom stereocenters. The average Bonchev–Trinajstić information content (AvgIpc) is 3.33. The summed E-state index contributed by atoms with van der Waals surface area (Å²) in [5.41, 5.74) is 16.0. The molecule has 0 spiro atoms. The third kappa shape index (κ3) is 3.01. The van der Waals surface area contributed by atoms with E-state index in [0.717, 1.165) is 0 Å². The molecule has 0 aromatic heterocycles. The zero-order valence-corrected chi connectivity index (χ0v) is 23.4. The first-order valence-electron chi connectivity index (χ1n) is 13.7. The maximum atomic E-state index is 2.64. The second-order valence-corrected chi connectivity index (χ2v) is 11.4. The van der Waals surface area contributed by atoms with Crippen molar-refractivity contribution in [1.29, 1.82) is 0 Å². The highest BCUT2D eigenvalue weighted by atomic mass is 15.3. The number of hydrogen-bond acceptors (Lipinski definition) is 0. The monoisotopic (exact) mass is 494 g/mol. The smallest absolute Gasteiger partial charge is 0.123 e. The maximum Gasteiger partial charge on any atom is 0.351 e. The number of rotatable bonds is 2. The normalized spacial score (nSPS) is 16.3. The Morgan fingerprint density at radius 1 is 0.553 bits per heavy atom. The largest absolute Gasteiger partial charge is 0.351 e. The lowest BCUT2D eigenvalue weighted by molar-refractivity contribution is -0.688. The summed E-state index contributed by atoms with van der Waals surface area (Å²) in [5.74, 6) is 0. The summed E-state index contributed by atoms with van der Waals surface area (Å²) in [6, 6.07) is 27.4. The zero-order chi connectivity index (χ0) is 26.5. The van der Waals surface area contributed by atoms with Crippen molar-refractivity contribution in [3.63, 3.8) is 0 Å². The molecule has 7 rings (SSSR count). The van der Waals surface area contributed by atoms with Gasteiger partial charge in [0, 0.05) is 27.6 Å². The van der Waals surface area contributed by atoms with Gasteiger partial charge in [-0.3, -0.25) is 0 Å². The first-order chi connectivity index (χ1) is 18.3. The SMILES string of the molecule is Cc1cc(C)c([N+]2=C3C(=[N+](c4c(C)cc(C)cc4C)C2C)c2c4ccccc4cc4cccc3c24)c(C)c1. The van der Waals surface area contributed by atoms with Crippen molar-refractivity contribution in [2.45, 2.75) is 54.6 Å². The van der Waals surface area contributed by atoms with Gasteiger partial charge in [-0.15, -0.1) is 9.15 Å². The Bertz CT molecular complexity index is 1890. The van der Waals surface area contributed by atoms with Crippen molar-refractivity contribution in [2.75, 3.05) is 0 Å². The molecule has 2 aliphatic rings. The standard InChI is InChI=1S/C36H34N2/c1-20-15-22(3)33(23(4)16-20)37-26(7)38(34-24(5)17-21(2)18-25(34)6)36-32-29-13-9-8-11-27(29)19-28-12-10-14-30(31(28)32)35(36)37/h8-19,26H,1-7H3/q+2. The van der Waals surface area contributed by atoms with E-state index >= 15 is 0 Å². The minimum Gasteiger partial charge on any atom is -0.123 e. The number of nitrogens with zero attached hydrogens (tertiary/aromatic N) is 2. The second-order valence-electron chi connectivity index (χ2n) is 11.4. The maximum absolute atomic E-state index is 2.64. The minimum absolute atomic E-state index is 0.127. The lowest BCUT2D eigenvalue weighted by atomic mass is 9.97. The summed E-state index contributed by atoms with van der Waals surface area (Å²) < 4.78 is 5.26. The van der Waals surface area contributed by atoms with Crippen LogP contribution in [0.3, 0.4) is 0 Å². The predicted octanol–water partition coefficient (Wildman–Crippen LogP) is 8.48. The van der Waals surface area contributed by atoms with E-state index in [2.05, 4.69) is 130 Å². The van der Waals surface area contributed by atoms with Gasteiger partial charge in [0.2, 0.25) is 11.4 Å². The summed E-state index contributed by atoms with van der Waals surface area (Å²) in [7, 11) is 0. The van der Waals surface area contributed by atoms with Gasteiger partial charge in [-0.05, 0) is 94.1 Å². The molecule has 1 aliphatic carbocycles. The van der Waals surface area contributed by atoms with E-state index in [4.69, 9.17) is 0 Å². The lowest BCUT2D eigenvalue weighted by Crippen LogP contribution is -2.28. The van der Waals surface area contributed by atoms with Crippen LogP contribution in [0.2, 0.25) is 0 Å². The van der Waals surface area contributed by atoms with Crippen molar-refractivity contribution < 1.29 is 9.15 Å². The van der Waals surface area contributed by atoms with Crippen LogP contribution in [-0.2, 0) is 0 Å². The van der Waals surface area contributed by atoms with Gasteiger partial charge < -0.3 is 0 Å². The summed E-state index contributed by atoms with van der Waals surface area (Å²) in [6.45, 7) is 15.9. The highest BCUT2D eigenvalue weighted by Gasteiger charge is 2.54. The molecule has 0 radical (unpaired) electrons. The van der Waals surface area contributed by atoms with Crippen LogP contribution in [0.25, 0.3) is 21.5 Å². The van der Waals surface area contributed by atoms with Gasteiger partial charge in [0.15, 0.2) is 0 Å². The van der Waals surface area contributed by atoms with Crippen LogP contribution in [0.4, 0.5) is 11.4 Å². The van der Waals surface area contributed by atoms with Crippen LogP contribution in [0.5, 0.6) is 0 Å². The van der Waals surface area contributed by atoms with Gasteiger partial charge in [0.25, 0.3) is 11.4 Å². The van der Waals surface area contributed by atoms with Crippen molar-refractivity contribution in [1.82, 2.24) is 0 Å². The van der Waals surface area contributed by atoms with Crippen molar-refractivity contribution in [3.05, 3.63) is 117 Å². The molecule has 0 saturated carbocycles. The van der Waals surface area contributed by atoms with Gasteiger partial charge in [0.1, 0.15) is 0 Å². The summed E-state index contributed by atoms with van der Waals surface area (Å²) >= 11 is 0. The molecule has 1 aliphatic heterocycles. The number of hydrogen-bond donors (Lipinski definition) is 0. The highest BCUT2D eigenvalue weighted by molar-refractivity contribution is 6.60.